The van der Waals surface area contributed by atoms with Gasteiger partial charge in [0.1, 0.15) is 0 Å². The number of hydrogen-bond donors (Lipinski definition) is 1. The second-order valence-corrected chi connectivity index (χ2v) is 13.1. The number of carbonyl (C=O) groups excluding carboxylic acids is 1. The van der Waals surface area contributed by atoms with E-state index in [-0.39, 0.29) is 27.6 Å². The predicted molar refractivity (Wildman–Crippen MR) is 134 cm³/mol. The Kier molecular flexibility index (Phi) is 4.89. The molecule has 0 heterocycles. The maximum absolute atomic E-state index is 13.1. The highest BCUT2D eigenvalue weighted by molar-refractivity contribution is 6.07. The number of hydrogen-bond acceptors (Lipinski definition) is 3. The molecule has 3 fully saturated rings. The van der Waals surface area contributed by atoms with Gasteiger partial charge in [0.15, 0.2) is 5.76 Å². The molecular formula is C30H43NO2. The van der Waals surface area contributed by atoms with Crippen molar-refractivity contribution in [1.29, 1.82) is 0 Å². The van der Waals surface area contributed by atoms with Crippen LogP contribution < -0.4 is 5.73 Å². The molecule has 0 radical (unpaired) electrons. The van der Waals surface area contributed by atoms with Crippen molar-refractivity contribution < 1.29 is 9.53 Å². The van der Waals surface area contributed by atoms with Crippen LogP contribution in [0.3, 0.4) is 0 Å². The molecule has 180 valence electrons. The zero-order valence-electron chi connectivity index (χ0n) is 21.9. The Hall–Kier alpha value is -1.61. The van der Waals surface area contributed by atoms with Gasteiger partial charge in [-0.15, -0.1) is 0 Å². The Morgan fingerprint density at radius 3 is 2.39 bits per heavy atom. The minimum atomic E-state index is -0.0958. The van der Waals surface area contributed by atoms with E-state index in [0.29, 0.717) is 23.7 Å². The van der Waals surface area contributed by atoms with Gasteiger partial charge in [0, 0.05) is 16.5 Å². The van der Waals surface area contributed by atoms with Gasteiger partial charge in [-0.3, -0.25) is 4.79 Å². The average Bonchev–Trinajstić information content (AvgIpc) is 2.75. The van der Waals surface area contributed by atoms with Gasteiger partial charge in [-0.1, -0.05) is 45.4 Å². The lowest BCUT2D eigenvalue weighted by Gasteiger charge is -2.70. The van der Waals surface area contributed by atoms with E-state index >= 15 is 0 Å². The molecule has 0 aromatic heterocycles. The van der Waals surface area contributed by atoms with Gasteiger partial charge in [0.2, 0.25) is 5.78 Å². The molecule has 3 nitrogen and oxygen atoms in total. The summed E-state index contributed by atoms with van der Waals surface area (Å²) in [6, 6.07) is 0. The first-order chi connectivity index (χ1) is 15.3. The van der Waals surface area contributed by atoms with Crippen LogP contribution in [-0.4, -0.2) is 17.9 Å². The quantitative estimate of drug-likeness (QED) is 0.504. The topological polar surface area (TPSA) is 52.3 Å². The highest BCUT2D eigenvalue weighted by Gasteiger charge is 2.66. The van der Waals surface area contributed by atoms with Crippen molar-refractivity contribution in [2.75, 3.05) is 6.61 Å². The van der Waals surface area contributed by atoms with E-state index in [2.05, 4.69) is 53.7 Å². The molecule has 2 N–H and O–H groups in total. The van der Waals surface area contributed by atoms with Crippen LogP contribution in [0.2, 0.25) is 0 Å². The lowest BCUT2D eigenvalue weighted by atomic mass is 9.35. The smallest absolute Gasteiger partial charge is 0.220 e. The molecule has 5 rings (SSSR count). The zero-order valence-corrected chi connectivity index (χ0v) is 21.9. The Labute approximate surface area is 200 Å². The summed E-state index contributed by atoms with van der Waals surface area (Å²) in [7, 11) is 0. The lowest BCUT2D eigenvalue weighted by Crippen LogP contribution is -2.63. The van der Waals surface area contributed by atoms with E-state index in [1.807, 2.05) is 13.0 Å². The van der Waals surface area contributed by atoms with Crippen molar-refractivity contribution in [3.8, 4) is 0 Å². The molecule has 5 aliphatic rings. The summed E-state index contributed by atoms with van der Waals surface area (Å²) in [4.78, 5) is 13.1. The fraction of sp³-hybridized carbons (Fsp3) is 0.700. The Balaban J connectivity index is 1.63. The number of allylic oxidation sites excluding steroid dienone is 7. The first-order valence-corrected chi connectivity index (χ1v) is 13.1. The molecule has 0 aliphatic heterocycles. The fourth-order valence-electron chi connectivity index (χ4n) is 8.80. The van der Waals surface area contributed by atoms with Gasteiger partial charge in [-0.25, -0.2) is 0 Å². The van der Waals surface area contributed by atoms with E-state index in [4.69, 9.17) is 10.5 Å². The first kappa shape index (κ1) is 23.1. The summed E-state index contributed by atoms with van der Waals surface area (Å²) in [6.45, 7) is 16.8. The predicted octanol–water partition coefficient (Wildman–Crippen LogP) is 6.80. The highest BCUT2D eigenvalue weighted by Crippen LogP contribution is 2.74. The molecule has 0 amide bonds. The average molecular weight is 450 g/mol. The molecule has 33 heavy (non-hydrogen) atoms. The van der Waals surface area contributed by atoms with Crippen LogP contribution in [0.25, 0.3) is 0 Å². The second-order valence-electron chi connectivity index (χ2n) is 13.1. The molecule has 3 heteroatoms. The van der Waals surface area contributed by atoms with Crippen LogP contribution in [0, 0.1) is 27.6 Å². The summed E-state index contributed by atoms with van der Waals surface area (Å²) in [5, 5.41) is 0. The Bertz CT molecular complexity index is 1040. The van der Waals surface area contributed by atoms with E-state index in [9.17, 15) is 4.79 Å². The summed E-state index contributed by atoms with van der Waals surface area (Å²) in [6.07, 6.45) is 14.9. The van der Waals surface area contributed by atoms with E-state index in [1.54, 1.807) is 5.57 Å². The normalized spacial score (nSPS) is 46.8. The van der Waals surface area contributed by atoms with Gasteiger partial charge < -0.3 is 10.5 Å². The van der Waals surface area contributed by atoms with Crippen LogP contribution in [-0.2, 0) is 9.53 Å². The number of fused-ring (bicyclic) bond motifs is 7. The maximum Gasteiger partial charge on any atom is 0.220 e. The molecule has 3 saturated carbocycles. The summed E-state index contributed by atoms with van der Waals surface area (Å²) < 4.78 is 5.75. The number of rotatable bonds is 2. The van der Waals surface area contributed by atoms with Gasteiger partial charge in [-0.05, 0) is 105 Å². The number of ether oxygens (including phenoxy) is 1. The Morgan fingerprint density at radius 1 is 1.00 bits per heavy atom. The van der Waals surface area contributed by atoms with Gasteiger partial charge >= 0.3 is 0 Å². The van der Waals surface area contributed by atoms with Gasteiger partial charge in [0.25, 0.3) is 0 Å². The molecule has 0 aromatic carbocycles. The van der Waals surface area contributed by atoms with Gasteiger partial charge in [-0.2, -0.15) is 0 Å². The monoisotopic (exact) mass is 449 g/mol. The fourth-order valence-corrected chi connectivity index (χ4v) is 8.80. The number of carbonyl (C=O) groups is 1. The molecule has 5 aliphatic carbocycles. The van der Waals surface area contributed by atoms with Crippen LogP contribution in [0.1, 0.15) is 93.4 Å². The van der Waals surface area contributed by atoms with Crippen LogP contribution in [0.15, 0.2) is 46.3 Å². The standard InChI is InChI=1S/C30H43NO2/c1-8-33-25-19(2)20-9-10-23-28(5,21(20)17-22(25)32)14-16-30(7)24-18-27(4,31)13-11-26(24,3)12-15-29(23,30)6/h9-10,17,24H,8,11-16,18,31H2,1-7H3/t24-,26-,27-,28+,29-,30+/m1/s1. The third kappa shape index (κ3) is 2.93. The van der Waals surface area contributed by atoms with Crippen molar-refractivity contribution in [1.82, 2.24) is 0 Å². The first-order valence-electron chi connectivity index (χ1n) is 13.1. The molecule has 0 spiro atoms. The van der Waals surface area contributed by atoms with Crippen molar-refractivity contribution in [2.24, 2.45) is 33.3 Å². The largest absolute Gasteiger partial charge is 0.489 e. The van der Waals surface area contributed by atoms with Crippen LogP contribution in [0.4, 0.5) is 0 Å². The molecule has 0 aromatic rings. The van der Waals surface area contributed by atoms with Crippen molar-refractivity contribution >= 4 is 5.78 Å². The third-order valence-corrected chi connectivity index (χ3v) is 11.2. The van der Waals surface area contributed by atoms with Crippen molar-refractivity contribution in [2.45, 2.75) is 99.0 Å². The minimum Gasteiger partial charge on any atom is -0.489 e. The number of nitrogens with two attached hydrogens (primary N) is 1. The van der Waals surface area contributed by atoms with Gasteiger partial charge in [0.05, 0.1) is 6.61 Å². The lowest BCUT2D eigenvalue weighted by molar-refractivity contribution is -0.150. The molecule has 0 saturated heterocycles. The maximum atomic E-state index is 13.1. The Morgan fingerprint density at radius 2 is 1.70 bits per heavy atom. The molecular weight excluding hydrogens is 406 g/mol. The highest BCUT2D eigenvalue weighted by atomic mass is 16.5. The van der Waals surface area contributed by atoms with E-state index in [0.717, 1.165) is 24.8 Å². The third-order valence-electron chi connectivity index (χ3n) is 11.2. The van der Waals surface area contributed by atoms with E-state index < -0.39 is 0 Å². The molecule has 6 atom stereocenters. The van der Waals surface area contributed by atoms with Crippen LogP contribution >= 0.6 is 0 Å². The minimum absolute atomic E-state index is 0.0323. The summed E-state index contributed by atoms with van der Waals surface area (Å²) in [5.74, 6) is 1.19. The second kappa shape index (κ2) is 6.97. The summed E-state index contributed by atoms with van der Waals surface area (Å²) in [5.41, 5.74) is 12.3. The zero-order chi connectivity index (χ0) is 24.0. The van der Waals surface area contributed by atoms with Crippen molar-refractivity contribution in [3.63, 3.8) is 0 Å². The van der Waals surface area contributed by atoms with E-state index in [1.165, 1.54) is 36.8 Å². The van der Waals surface area contributed by atoms with Crippen molar-refractivity contribution in [3.05, 3.63) is 46.3 Å². The summed E-state index contributed by atoms with van der Waals surface area (Å²) >= 11 is 0. The SMILES string of the molecule is CCOC1=C(C)C2=CC=C3[C@@](C)(CC[C@@]4(C)[C@@H]5C[C@](C)(N)CC[C@]5(C)CC[C@]34C)C2=CC1=O. The molecule has 0 bridgehead atoms. The van der Waals surface area contributed by atoms with Crippen LogP contribution in [0.5, 0.6) is 0 Å². The number of ketones is 1. The molecule has 0 unspecified atom stereocenters.